The predicted octanol–water partition coefficient (Wildman–Crippen LogP) is 3.60. The lowest BCUT2D eigenvalue weighted by molar-refractivity contribution is -0.385. The van der Waals surface area contributed by atoms with Crippen LogP contribution in [0.2, 0.25) is 0 Å². The molecule has 2 aromatic heterocycles. The molecule has 0 unspecified atom stereocenters. The normalized spacial score (nSPS) is 10.8. The fourth-order valence-corrected chi connectivity index (χ4v) is 2.28. The first-order chi connectivity index (χ1) is 14.0. The highest BCUT2D eigenvalue weighted by atomic mass is 16.6. The highest BCUT2D eigenvalue weighted by Gasteiger charge is 2.10. The smallest absolute Gasteiger partial charge is 0.287 e. The molecule has 1 aromatic carbocycles. The number of nitrogens with zero attached hydrogens (tertiary/aromatic N) is 3. The molecule has 0 bridgehead atoms. The van der Waals surface area contributed by atoms with Crippen LogP contribution in [-0.2, 0) is 11.3 Å². The average molecular weight is 390 g/mol. The minimum atomic E-state index is -0.546. The van der Waals surface area contributed by atoms with Crippen molar-refractivity contribution in [2.75, 3.05) is 0 Å². The lowest BCUT2D eigenvalue weighted by Gasteiger charge is -2.05. The number of benzene rings is 1. The number of carbonyl (C=O) groups excluding carboxylic acids is 1. The molecule has 29 heavy (non-hydrogen) atoms. The van der Waals surface area contributed by atoms with E-state index in [1.807, 2.05) is 6.07 Å². The number of pyridine rings is 1. The van der Waals surface area contributed by atoms with E-state index < -0.39 is 10.8 Å². The van der Waals surface area contributed by atoms with Gasteiger partial charge < -0.3 is 14.5 Å². The molecule has 2 heterocycles. The number of hydrogen-bond acceptors (Lipinski definition) is 7. The van der Waals surface area contributed by atoms with Crippen LogP contribution in [0.4, 0.5) is 5.69 Å². The second-order valence-corrected chi connectivity index (χ2v) is 5.71. The number of hydrogen-bond donors (Lipinski definition) is 1. The number of nitrogens with one attached hydrogen (secondary N) is 1. The minimum absolute atomic E-state index is 0.0535. The maximum atomic E-state index is 12.1. The molecule has 144 valence electrons. The van der Waals surface area contributed by atoms with Gasteiger partial charge >= 0.3 is 0 Å². The van der Waals surface area contributed by atoms with Crippen LogP contribution >= 0.6 is 0 Å². The maximum absolute atomic E-state index is 12.1. The Morgan fingerprint density at radius 3 is 2.66 bits per heavy atom. The van der Waals surface area contributed by atoms with Gasteiger partial charge in [0.05, 0.1) is 17.7 Å². The molecule has 3 rings (SSSR count). The number of rotatable bonds is 7. The predicted molar refractivity (Wildman–Crippen MR) is 102 cm³/mol. The first-order valence-corrected chi connectivity index (χ1v) is 8.36. The van der Waals surface area contributed by atoms with E-state index in [4.69, 9.17) is 9.15 Å². The highest BCUT2D eigenvalue weighted by molar-refractivity contribution is 6.01. The van der Waals surface area contributed by atoms with E-state index in [-0.39, 0.29) is 23.7 Å². The Bertz CT molecular complexity index is 1070. The maximum Gasteiger partial charge on any atom is 0.287 e. The molecule has 0 atom stereocenters. The van der Waals surface area contributed by atoms with Gasteiger partial charge in [0.25, 0.3) is 11.6 Å². The van der Waals surface area contributed by atoms with Crippen LogP contribution in [0.15, 0.2) is 71.0 Å². The summed E-state index contributed by atoms with van der Waals surface area (Å²) in [6.07, 6.45) is 4.05. The number of nitro groups is 1. The van der Waals surface area contributed by atoms with E-state index in [1.54, 1.807) is 36.4 Å². The zero-order valence-electron chi connectivity index (χ0n) is 14.9. The Morgan fingerprint density at radius 2 is 2.07 bits per heavy atom. The van der Waals surface area contributed by atoms with Gasteiger partial charge in [0.2, 0.25) is 5.88 Å². The molecule has 0 aliphatic heterocycles. The first-order valence-electron chi connectivity index (χ1n) is 8.36. The third-order valence-corrected chi connectivity index (χ3v) is 3.71. The summed E-state index contributed by atoms with van der Waals surface area (Å²) in [4.78, 5) is 26.1. The van der Waals surface area contributed by atoms with Gasteiger partial charge in [0.1, 0.15) is 29.3 Å². The van der Waals surface area contributed by atoms with Crippen molar-refractivity contribution in [2.45, 2.75) is 6.54 Å². The van der Waals surface area contributed by atoms with Crippen molar-refractivity contribution < 1.29 is 18.9 Å². The highest BCUT2D eigenvalue weighted by Crippen LogP contribution is 2.22. The molecular formula is C20H14N4O5. The summed E-state index contributed by atoms with van der Waals surface area (Å²) in [5.41, 5.74) is 0.438. The van der Waals surface area contributed by atoms with Crippen LogP contribution in [0, 0.1) is 21.4 Å². The number of ether oxygens (including phenoxy) is 1. The Balaban J connectivity index is 1.64. The zero-order chi connectivity index (χ0) is 20.6. The van der Waals surface area contributed by atoms with Crippen LogP contribution in [0.1, 0.15) is 11.3 Å². The number of nitriles is 1. The van der Waals surface area contributed by atoms with E-state index in [0.29, 0.717) is 17.1 Å². The minimum Gasteiger partial charge on any atom is -0.467 e. The molecule has 9 heteroatoms. The molecule has 0 spiro atoms. The Kier molecular flexibility index (Phi) is 5.97. The van der Waals surface area contributed by atoms with E-state index in [0.717, 1.165) is 6.20 Å². The fraction of sp³-hybridized carbons (Fsp3) is 0.0500. The van der Waals surface area contributed by atoms with Crippen LogP contribution in [-0.4, -0.2) is 15.8 Å². The standard InChI is InChI=1S/C20H14N4O5/c21-11-15(20(25)23-13-18-2-1-9-28-18)10-14-3-6-17(7-4-14)29-19-8-5-16(12-22-19)24(26)27/h1-10,12H,13H2,(H,23,25)/b15-10+. The van der Waals surface area contributed by atoms with Crippen LogP contribution < -0.4 is 10.1 Å². The molecule has 0 aliphatic rings. The zero-order valence-corrected chi connectivity index (χ0v) is 14.9. The van der Waals surface area contributed by atoms with Crippen LogP contribution in [0.3, 0.4) is 0 Å². The van der Waals surface area contributed by atoms with Crippen molar-refractivity contribution in [1.82, 2.24) is 10.3 Å². The topological polar surface area (TPSA) is 131 Å². The summed E-state index contributed by atoms with van der Waals surface area (Å²) < 4.78 is 10.6. The number of carbonyl (C=O) groups is 1. The van der Waals surface area contributed by atoms with E-state index >= 15 is 0 Å². The van der Waals surface area contributed by atoms with E-state index in [2.05, 4.69) is 10.3 Å². The molecule has 0 saturated heterocycles. The third-order valence-electron chi connectivity index (χ3n) is 3.71. The van der Waals surface area contributed by atoms with Gasteiger partial charge in [0, 0.05) is 12.1 Å². The van der Waals surface area contributed by atoms with Gasteiger partial charge in [0.15, 0.2) is 0 Å². The largest absolute Gasteiger partial charge is 0.467 e. The molecular weight excluding hydrogens is 376 g/mol. The van der Waals surface area contributed by atoms with Crippen LogP contribution in [0.25, 0.3) is 6.08 Å². The third kappa shape index (κ3) is 5.27. The molecule has 9 nitrogen and oxygen atoms in total. The summed E-state index contributed by atoms with van der Waals surface area (Å²) in [5.74, 6) is 0.717. The van der Waals surface area contributed by atoms with Crippen molar-refractivity contribution in [2.24, 2.45) is 0 Å². The molecule has 1 amide bonds. The summed E-state index contributed by atoms with van der Waals surface area (Å²) in [5, 5.41) is 22.5. The first kappa shape index (κ1) is 19.3. The van der Waals surface area contributed by atoms with Gasteiger partial charge in [-0.2, -0.15) is 5.26 Å². The van der Waals surface area contributed by atoms with Crippen LogP contribution in [0.5, 0.6) is 11.6 Å². The lowest BCUT2D eigenvalue weighted by Crippen LogP contribution is -2.23. The number of furan rings is 1. The van der Waals surface area contributed by atoms with Gasteiger partial charge in [-0.15, -0.1) is 0 Å². The number of amides is 1. The van der Waals surface area contributed by atoms with E-state index in [1.165, 1.54) is 24.5 Å². The molecule has 0 saturated carbocycles. The Hall–Kier alpha value is -4.45. The quantitative estimate of drug-likeness (QED) is 0.282. The average Bonchev–Trinajstić information content (AvgIpc) is 3.25. The van der Waals surface area contributed by atoms with Crippen molar-refractivity contribution in [3.05, 3.63) is 88.0 Å². The van der Waals surface area contributed by atoms with E-state index in [9.17, 15) is 20.2 Å². The fourth-order valence-electron chi connectivity index (χ4n) is 2.28. The van der Waals surface area contributed by atoms with Gasteiger partial charge in [-0.25, -0.2) is 4.98 Å². The van der Waals surface area contributed by atoms with Crippen molar-refractivity contribution in [3.8, 4) is 17.7 Å². The van der Waals surface area contributed by atoms with Gasteiger partial charge in [-0.05, 0) is 35.9 Å². The summed E-state index contributed by atoms with van der Waals surface area (Å²) >= 11 is 0. The second-order valence-electron chi connectivity index (χ2n) is 5.71. The number of aromatic nitrogens is 1. The monoisotopic (exact) mass is 390 g/mol. The van der Waals surface area contributed by atoms with Gasteiger partial charge in [-0.3, -0.25) is 14.9 Å². The van der Waals surface area contributed by atoms with Crippen molar-refractivity contribution in [3.63, 3.8) is 0 Å². The molecule has 0 radical (unpaired) electrons. The summed E-state index contributed by atoms with van der Waals surface area (Å²) in [6.45, 7) is 0.180. The van der Waals surface area contributed by atoms with Crippen molar-refractivity contribution >= 4 is 17.7 Å². The molecule has 1 N–H and O–H groups in total. The molecule has 3 aromatic rings. The Labute approximate surface area is 165 Å². The molecule has 0 fully saturated rings. The summed E-state index contributed by atoms with van der Waals surface area (Å²) in [6, 6.07) is 14.6. The Morgan fingerprint density at radius 1 is 1.28 bits per heavy atom. The molecule has 0 aliphatic carbocycles. The van der Waals surface area contributed by atoms with Gasteiger partial charge in [-0.1, -0.05) is 12.1 Å². The van der Waals surface area contributed by atoms with Crippen molar-refractivity contribution in [1.29, 1.82) is 5.26 Å². The second kappa shape index (κ2) is 8.96. The summed E-state index contributed by atoms with van der Waals surface area (Å²) in [7, 11) is 0. The lowest BCUT2D eigenvalue weighted by atomic mass is 10.1. The SMILES string of the molecule is N#C/C(=C\c1ccc(Oc2ccc([N+](=O)[O-])cn2)cc1)C(=O)NCc1ccco1.